The van der Waals surface area contributed by atoms with E-state index in [0.717, 1.165) is 11.6 Å². The molecule has 0 saturated carbocycles. The number of nitrogens with zero attached hydrogens (tertiary/aromatic N) is 3. The first kappa shape index (κ1) is 61.3. The van der Waals surface area contributed by atoms with Crippen molar-refractivity contribution in [2.24, 2.45) is 0 Å². The van der Waals surface area contributed by atoms with Gasteiger partial charge in [0.25, 0.3) is 5.69 Å². The van der Waals surface area contributed by atoms with Crippen LogP contribution in [0.15, 0.2) is 115 Å². The molecule has 11 N–H and O–H groups in total. The molecule has 0 fully saturated rings. The number of hydrogen-bond donors (Lipinski definition) is 11. The summed E-state index contributed by atoms with van der Waals surface area (Å²) in [6, 6.07) is 25.6. The molecule has 0 aliphatic rings. The average molecular weight is 1010 g/mol. The zero-order chi connectivity index (χ0) is 54.4. The molecule has 0 aliphatic heterocycles. The van der Waals surface area contributed by atoms with Gasteiger partial charge in [-0.2, -0.15) is 0 Å². The Bertz CT molecular complexity index is 2900. The Morgan fingerprint density at radius 3 is 1.24 bits per heavy atom. The van der Waals surface area contributed by atoms with Crippen LogP contribution in [-0.4, -0.2) is 107 Å². The number of benzene rings is 6. The van der Waals surface area contributed by atoms with Gasteiger partial charge in [0, 0.05) is 12.1 Å². The van der Waals surface area contributed by atoms with E-state index in [1.165, 1.54) is 67.6 Å². The van der Waals surface area contributed by atoms with Crippen LogP contribution in [0, 0.1) is 51.1 Å². The third-order valence-corrected chi connectivity index (χ3v) is 8.34. The number of carboxylic acid groups (broad SMARTS) is 6. The summed E-state index contributed by atoms with van der Waals surface area (Å²) in [5.74, 6) is -9.11. The third kappa shape index (κ3) is 19.7. The Morgan fingerprint density at radius 2 is 0.847 bits per heavy atom. The SMILES string of the molecule is C.Cc1cc(C(=O)O)c(O)c([N+](=O)[O-])c1.Cc1cc(C(=O)O)ccc1O.Cc1ccc(C(=O)O)cc1.O=C(O)c1cc([N+](=O)[O-])cc([N+](=O)[O-])c1O.O=C(O)c1cccc(O)c1.O=C(O)c1ccccc1O. The predicted octanol–water partition coefficient (Wildman–Crippen LogP) is 8.12. The Morgan fingerprint density at radius 1 is 0.403 bits per heavy atom. The van der Waals surface area contributed by atoms with Crippen LogP contribution in [0.4, 0.5) is 17.1 Å². The lowest BCUT2D eigenvalue weighted by molar-refractivity contribution is -0.394. The highest BCUT2D eigenvalue weighted by molar-refractivity contribution is 5.94. The van der Waals surface area contributed by atoms with Gasteiger partial charge in [-0.25, -0.2) is 28.8 Å². The van der Waals surface area contributed by atoms with Crippen molar-refractivity contribution >= 4 is 52.9 Å². The molecule has 6 rings (SSSR count). The first-order valence-electron chi connectivity index (χ1n) is 19.0. The summed E-state index contributed by atoms with van der Waals surface area (Å²) >= 11 is 0. The van der Waals surface area contributed by atoms with E-state index < -0.39 is 90.3 Å². The van der Waals surface area contributed by atoms with Gasteiger partial charge in [-0.3, -0.25) is 30.3 Å². The molecule has 0 heterocycles. The van der Waals surface area contributed by atoms with Crippen LogP contribution in [0.5, 0.6) is 28.7 Å². The van der Waals surface area contributed by atoms with Crippen LogP contribution >= 0.6 is 0 Å². The van der Waals surface area contributed by atoms with E-state index in [4.69, 9.17) is 46.0 Å². The van der Waals surface area contributed by atoms with Crippen molar-refractivity contribution in [3.63, 3.8) is 0 Å². The first-order chi connectivity index (χ1) is 33.0. The molecule has 0 aromatic heterocycles. The van der Waals surface area contributed by atoms with Gasteiger partial charge < -0.3 is 56.2 Å². The van der Waals surface area contributed by atoms with Crippen LogP contribution in [0.2, 0.25) is 0 Å². The predicted molar refractivity (Wildman–Crippen MR) is 250 cm³/mol. The summed E-state index contributed by atoms with van der Waals surface area (Å²) in [5, 5.41) is 127. The molecule has 0 amide bonds. The number of para-hydroxylation sites is 1. The average Bonchev–Trinajstić information content (AvgIpc) is 3.28. The molecular weight excluding hydrogens is 963 g/mol. The van der Waals surface area contributed by atoms with Crippen molar-refractivity contribution in [1.29, 1.82) is 0 Å². The molecule has 26 nitrogen and oxygen atoms in total. The van der Waals surface area contributed by atoms with E-state index in [1.54, 1.807) is 43.3 Å². The molecule has 72 heavy (non-hydrogen) atoms. The number of carbonyl (C=O) groups is 6. The topological polar surface area (TPSA) is 454 Å². The molecule has 26 heteroatoms. The van der Waals surface area contributed by atoms with Gasteiger partial charge in [0.05, 0.1) is 37.5 Å². The molecule has 0 radical (unpaired) electrons. The minimum atomic E-state index is -1.69. The highest BCUT2D eigenvalue weighted by Gasteiger charge is 2.27. The van der Waals surface area contributed by atoms with Crippen molar-refractivity contribution in [2.45, 2.75) is 28.2 Å². The fourth-order valence-corrected chi connectivity index (χ4v) is 4.85. The van der Waals surface area contributed by atoms with E-state index in [-0.39, 0.29) is 41.4 Å². The summed E-state index contributed by atoms with van der Waals surface area (Å²) in [6.07, 6.45) is 0. The molecule has 380 valence electrons. The number of rotatable bonds is 9. The fourth-order valence-electron chi connectivity index (χ4n) is 4.85. The highest BCUT2D eigenvalue weighted by atomic mass is 16.6. The second kappa shape index (κ2) is 28.5. The lowest BCUT2D eigenvalue weighted by atomic mass is 10.1. The molecule has 0 bridgehead atoms. The monoisotopic (exact) mass is 1010 g/mol. The zero-order valence-corrected chi connectivity index (χ0v) is 36.6. The van der Waals surface area contributed by atoms with Crippen molar-refractivity contribution in [3.05, 3.63) is 196 Å². The lowest BCUT2D eigenvalue weighted by Gasteiger charge is -2.01. The van der Waals surface area contributed by atoms with Crippen LogP contribution in [0.25, 0.3) is 0 Å². The quantitative estimate of drug-likeness (QED) is 0.0481. The van der Waals surface area contributed by atoms with Crippen LogP contribution < -0.4 is 0 Å². The summed E-state index contributed by atoms with van der Waals surface area (Å²) in [6.45, 7) is 5.09. The summed E-state index contributed by atoms with van der Waals surface area (Å²) in [5.41, 5.74) is -1.12. The van der Waals surface area contributed by atoms with Crippen molar-refractivity contribution in [2.75, 3.05) is 0 Å². The maximum Gasteiger partial charge on any atom is 0.340 e. The summed E-state index contributed by atoms with van der Waals surface area (Å²) < 4.78 is 0. The molecule has 0 spiro atoms. The van der Waals surface area contributed by atoms with Crippen molar-refractivity contribution in [1.82, 2.24) is 0 Å². The lowest BCUT2D eigenvalue weighted by Crippen LogP contribution is -2.02. The van der Waals surface area contributed by atoms with Gasteiger partial charge >= 0.3 is 47.2 Å². The van der Waals surface area contributed by atoms with Gasteiger partial charge in [-0.15, -0.1) is 0 Å². The van der Waals surface area contributed by atoms with E-state index in [0.29, 0.717) is 28.8 Å². The number of carboxylic acids is 6. The van der Waals surface area contributed by atoms with Gasteiger partial charge in [-0.05, 0) is 98.6 Å². The number of aromatic carboxylic acids is 6. The van der Waals surface area contributed by atoms with Crippen molar-refractivity contribution in [3.8, 4) is 28.7 Å². The normalized spacial score (nSPS) is 9.38. The Balaban J connectivity index is 0.000000846. The number of non-ortho nitro benzene ring substituents is 1. The van der Waals surface area contributed by atoms with E-state index in [1.807, 2.05) is 6.92 Å². The number of nitro groups is 3. The minimum Gasteiger partial charge on any atom is -0.508 e. The third-order valence-electron chi connectivity index (χ3n) is 8.34. The van der Waals surface area contributed by atoms with Crippen LogP contribution in [0.1, 0.15) is 86.3 Å². The highest BCUT2D eigenvalue weighted by Crippen LogP contribution is 2.34. The Labute approximate surface area is 404 Å². The summed E-state index contributed by atoms with van der Waals surface area (Å²) in [4.78, 5) is 90.6. The fraction of sp³-hybridized carbons (Fsp3) is 0.0870. The molecule has 0 aliphatic carbocycles. The smallest absolute Gasteiger partial charge is 0.340 e. The van der Waals surface area contributed by atoms with Gasteiger partial charge in [0.1, 0.15) is 33.9 Å². The van der Waals surface area contributed by atoms with Crippen molar-refractivity contribution < 1.29 is 99.7 Å². The number of phenols is 5. The molecule has 0 saturated heterocycles. The van der Waals surface area contributed by atoms with E-state index in [9.17, 15) is 69.3 Å². The minimum absolute atomic E-state index is 0. The molecule has 6 aromatic carbocycles. The van der Waals surface area contributed by atoms with Gasteiger partial charge in [-0.1, -0.05) is 43.3 Å². The standard InChI is InChI=1S/C8H7NO5.C8H8O3.C8H8O2.C7H4N2O7.2C7H6O3.CH4/c1-4-2-5(8(11)12)7(10)6(3-4)9(13)14;1-5-4-6(8(10)11)2-3-7(5)9;1-6-2-4-7(5-3-6)8(9)10;10-6-4(7(11)12)1-3(8(13)14)2-5(6)9(15)16;8-6-3-1-2-5(4-6)7(9)10;8-6-4-2-1-3-5(6)7(9)10;/h2-3,10H,1H3,(H,11,12);2-4,9H,1H3,(H,10,11);2-5H,1H3,(H,9,10);1-2,10H,(H,11,12);2*1-4,8H,(H,9,10);1H4. The first-order valence-corrected chi connectivity index (χ1v) is 19.0. The van der Waals surface area contributed by atoms with Crippen LogP contribution in [0.3, 0.4) is 0 Å². The largest absolute Gasteiger partial charge is 0.508 e. The molecular formula is C46H43N3O23. The zero-order valence-electron chi connectivity index (χ0n) is 36.6. The number of nitro benzene ring substituents is 3. The van der Waals surface area contributed by atoms with Gasteiger partial charge in [0.15, 0.2) is 0 Å². The number of aryl methyl sites for hydroxylation is 3. The molecule has 0 unspecified atom stereocenters. The number of hydrogen-bond acceptors (Lipinski definition) is 17. The Kier molecular flexibility index (Phi) is 24.3. The molecule has 6 aromatic rings. The van der Waals surface area contributed by atoms with Gasteiger partial charge in [0.2, 0.25) is 11.5 Å². The maximum atomic E-state index is 10.6. The maximum absolute atomic E-state index is 10.6. The molecule has 0 atom stereocenters. The summed E-state index contributed by atoms with van der Waals surface area (Å²) in [7, 11) is 0. The van der Waals surface area contributed by atoms with Crippen LogP contribution in [-0.2, 0) is 0 Å². The second-order valence-electron chi connectivity index (χ2n) is 13.6. The second-order valence-corrected chi connectivity index (χ2v) is 13.6. The van der Waals surface area contributed by atoms with E-state index in [2.05, 4.69) is 0 Å². The van der Waals surface area contributed by atoms with E-state index >= 15 is 0 Å². The Hall–Kier alpha value is -10.7. The number of aromatic hydroxyl groups is 5. The number of phenolic OH excluding ortho intramolecular Hbond substituents is 2.